The van der Waals surface area contributed by atoms with E-state index >= 15 is 0 Å². The van der Waals surface area contributed by atoms with Crippen molar-refractivity contribution in [1.29, 1.82) is 0 Å². The predicted molar refractivity (Wildman–Crippen MR) is 109 cm³/mol. The van der Waals surface area contributed by atoms with Crippen LogP contribution in [0.15, 0.2) is 4.99 Å². The summed E-state index contributed by atoms with van der Waals surface area (Å²) in [5, 5.41) is 3.52. The van der Waals surface area contributed by atoms with Crippen LogP contribution in [0.1, 0.15) is 52.4 Å². The van der Waals surface area contributed by atoms with E-state index in [1.807, 2.05) is 0 Å². The monoisotopic (exact) mass is 438 g/mol. The van der Waals surface area contributed by atoms with E-state index in [9.17, 15) is 4.79 Å². The number of unbranched alkanes of at least 4 members (excludes halogenated alkanes) is 1. The van der Waals surface area contributed by atoms with E-state index in [1.54, 1.807) is 19.0 Å². The number of aliphatic imine (C=N–C) groups is 1. The number of rotatable bonds is 8. The maximum absolute atomic E-state index is 11.8. The lowest BCUT2D eigenvalue weighted by Gasteiger charge is -2.24. The Hall–Kier alpha value is -0.530. The van der Waals surface area contributed by atoms with Gasteiger partial charge in [-0.25, -0.2) is 4.99 Å². The molecule has 0 aromatic carbocycles. The summed E-state index contributed by atoms with van der Waals surface area (Å²) in [7, 11) is 3.55. The van der Waals surface area contributed by atoms with E-state index in [-0.39, 0.29) is 36.4 Å². The van der Waals surface area contributed by atoms with Gasteiger partial charge in [-0.1, -0.05) is 33.1 Å². The first-order valence-corrected chi connectivity index (χ1v) is 8.81. The van der Waals surface area contributed by atoms with Crippen LogP contribution in [0.3, 0.4) is 0 Å². The van der Waals surface area contributed by atoms with Crippen LogP contribution in [0.5, 0.6) is 0 Å². The van der Waals surface area contributed by atoms with Crippen LogP contribution in [0, 0.1) is 5.92 Å². The third kappa shape index (κ3) is 8.77. The first kappa shape index (κ1) is 22.5. The molecular formula is C17H35IN4O. The summed E-state index contributed by atoms with van der Waals surface area (Å²) in [5.74, 6) is 1.66. The lowest BCUT2D eigenvalue weighted by molar-refractivity contribution is -0.127. The minimum Gasteiger partial charge on any atom is -0.356 e. The van der Waals surface area contributed by atoms with Crippen molar-refractivity contribution in [2.24, 2.45) is 10.9 Å². The second-order valence-corrected chi connectivity index (χ2v) is 6.42. The molecule has 0 radical (unpaired) electrons. The van der Waals surface area contributed by atoms with Crippen LogP contribution in [-0.2, 0) is 4.79 Å². The van der Waals surface area contributed by atoms with E-state index < -0.39 is 0 Å². The Bertz CT molecular complexity index is 355. The predicted octanol–water partition coefficient (Wildman–Crippen LogP) is 2.95. The fourth-order valence-corrected chi connectivity index (χ4v) is 2.66. The number of hydrogen-bond acceptors (Lipinski definition) is 2. The third-order valence-electron chi connectivity index (χ3n) is 4.36. The minimum absolute atomic E-state index is 0. The van der Waals surface area contributed by atoms with E-state index in [1.165, 1.54) is 38.5 Å². The molecule has 0 aliphatic carbocycles. The van der Waals surface area contributed by atoms with Gasteiger partial charge in [-0.05, 0) is 25.2 Å². The quantitative estimate of drug-likeness (QED) is 0.360. The second-order valence-electron chi connectivity index (χ2n) is 6.42. The van der Waals surface area contributed by atoms with Gasteiger partial charge in [-0.2, -0.15) is 0 Å². The van der Waals surface area contributed by atoms with Crippen molar-refractivity contribution in [2.75, 3.05) is 40.3 Å². The van der Waals surface area contributed by atoms with Crippen molar-refractivity contribution in [3.05, 3.63) is 0 Å². The summed E-state index contributed by atoms with van der Waals surface area (Å²) in [6.07, 6.45) is 7.43. The van der Waals surface area contributed by atoms with Crippen molar-refractivity contribution in [3.63, 3.8) is 0 Å². The molecule has 0 aromatic heterocycles. The van der Waals surface area contributed by atoms with Crippen molar-refractivity contribution in [3.8, 4) is 0 Å². The number of guanidine groups is 1. The Kier molecular flexibility index (Phi) is 12.5. The third-order valence-corrected chi connectivity index (χ3v) is 4.36. The molecule has 1 aliphatic heterocycles. The molecular weight excluding hydrogens is 403 g/mol. The van der Waals surface area contributed by atoms with Gasteiger partial charge in [0.15, 0.2) is 5.96 Å². The number of likely N-dealkylation sites (N-methyl/N-ethyl adjacent to an activating group) is 1. The maximum atomic E-state index is 11.8. The molecule has 1 atom stereocenters. The zero-order valence-electron chi connectivity index (χ0n) is 15.3. The number of likely N-dealkylation sites (tertiary alicyclic amines) is 1. The van der Waals surface area contributed by atoms with Crippen molar-refractivity contribution < 1.29 is 4.79 Å². The molecule has 23 heavy (non-hydrogen) atoms. The highest BCUT2D eigenvalue weighted by Gasteiger charge is 2.17. The number of nitrogens with one attached hydrogen (secondary N) is 1. The summed E-state index contributed by atoms with van der Waals surface area (Å²) in [6.45, 7) is 7.79. The van der Waals surface area contributed by atoms with Gasteiger partial charge in [-0.15, -0.1) is 24.0 Å². The van der Waals surface area contributed by atoms with E-state index in [2.05, 4.69) is 29.1 Å². The molecule has 5 nitrogen and oxygen atoms in total. The zero-order valence-corrected chi connectivity index (χ0v) is 17.6. The van der Waals surface area contributed by atoms with Crippen LogP contribution < -0.4 is 5.32 Å². The summed E-state index contributed by atoms with van der Waals surface area (Å²) >= 11 is 0. The Morgan fingerprint density at radius 2 is 1.91 bits per heavy atom. The van der Waals surface area contributed by atoms with Crippen molar-refractivity contribution >= 4 is 35.8 Å². The molecule has 6 heteroatoms. The van der Waals surface area contributed by atoms with Gasteiger partial charge < -0.3 is 15.1 Å². The van der Waals surface area contributed by atoms with Crippen molar-refractivity contribution in [2.45, 2.75) is 52.4 Å². The van der Waals surface area contributed by atoms with Crippen LogP contribution in [0.25, 0.3) is 0 Å². The van der Waals surface area contributed by atoms with E-state index in [0.717, 1.165) is 25.6 Å². The first-order chi connectivity index (χ1) is 10.6. The zero-order chi connectivity index (χ0) is 16.4. The molecule has 1 aliphatic rings. The normalized spacial score (nSPS) is 16.0. The average Bonchev–Trinajstić information content (AvgIpc) is 3.03. The highest BCUT2D eigenvalue weighted by atomic mass is 127. The molecule has 1 fully saturated rings. The second kappa shape index (κ2) is 12.8. The number of halogens is 1. The minimum atomic E-state index is 0. The number of carbonyl (C=O) groups excluding carboxylic acids is 1. The van der Waals surface area contributed by atoms with Gasteiger partial charge in [0.2, 0.25) is 5.91 Å². The number of hydrogen-bond donors (Lipinski definition) is 1. The lowest BCUT2D eigenvalue weighted by atomic mass is 9.99. The average molecular weight is 438 g/mol. The molecule has 1 amide bonds. The number of carbonyl (C=O) groups is 1. The molecule has 1 heterocycles. The highest BCUT2D eigenvalue weighted by Crippen LogP contribution is 2.12. The van der Waals surface area contributed by atoms with Crippen LogP contribution in [0.2, 0.25) is 0 Å². The fraction of sp³-hybridized carbons (Fsp3) is 0.882. The SMILES string of the molecule is CCCCC(CC)CNC(=NCC(=O)N(C)C)N1CCCC1.I. The van der Waals surface area contributed by atoms with Gasteiger partial charge in [-0.3, -0.25) is 4.79 Å². The first-order valence-electron chi connectivity index (χ1n) is 8.81. The summed E-state index contributed by atoms with van der Waals surface area (Å²) in [5.41, 5.74) is 0. The van der Waals surface area contributed by atoms with E-state index in [0.29, 0.717) is 5.92 Å². The number of nitrogens with zero attached hydrogens (tertiary/aromatic N) is 3. The molecule has 0 aromatic rings. The Balaban J connectivity index is 0.00000484. The molecule has 1 unspecified atom stereocenters. The molecule has 136 valence electrons. The number of amides is 1. The summed E-state index contributed by atoms with van der Waals surface area (Å²) in [6, 6.07) is 0. The fourth-order valence-electron chi connectivity index (χ4n) is 2.66. The van der Waals surface area contributed by atoms with Gasteiger partial charge in [0, 0.05) is 33.7 Å². The topological polar surface area (TPSA) is 47.9 Å². The summed E-state index contributed by atoms with van der Waals surface area (Å²) in [4.78, 5) is 20.2. The molecule has 1 saturated heterocycles. The molecule has 0 saturated carbocycles. The summed E-state index contributed by atoms with van der Waals surface area (Å²) < 4.78 is 0. The largest absolute Gasteiger partial charge is 0.356 e. The van der Waals surface area contributed by atoms with Crippen LogP contribution in [0.4, 0.5) is 0 Å². The van der Waals surface area contributed by atoms with Crippen molar-refractivity contribution in [1.82, 2.24) is 15.1 Å². The van der Waals surface area contributed by atoms with Gasteiger partial charge in [0.1, 0.15) is 6.54 Å². The Morgan fingerprint density at radius 3 is 2.43 bits per heavy atom. The molecule has 1 N–H and O–H groups in total. The molecule has 0 bridgehead atoms. The van der Waals surface area contributed by atoms with Crippen LogP contribution in [-0.4, -0.2) is 61.9 Å². The van der Waals surface area contributed by atoms with E-state index in [4.69, 9.17) is 0 Å². The smallest absolute Gasteiger partial charge is 0.243 e. The highest BCUT2D eigenvalue weighted by molar-refractivity contribution is 14.0. The van der Waals surface area contributed by atoms with Gasteiger partial charge >= 0.3 is 0 Å². The van der Waals surface area contributed by atoms with Crippen LogP contribution >= 0.6 is 24.0 Å². The standard InChI is InChI=1S/C17H34N4O.HI/c1-5-7-10-15(6-2)13-18-17(21-11-8-9-12-21)19-14-16(22)20(3)4;/h15H,5-14H2,1-4H3,(H,18,19);1H. The lowest BCUT2D eigenvalue weighted by Crippen LogP contribution is -2.42. The van der Waals surface area contributed by atoms with Gasteiger partial charge in [0.05, 0.1) is 0 Å². The molecule has 0 spiro atoms. The Labute approximate surface area is 159 Å². The Morgan fingerprint density at radius 1 is 1.26 bits per heavy atom. The van der Waals surface area contributed by atoms with Gasteiger partial charge in [0.25, 0.3) is 0 Å². The molecule has 1 rings (SSSR count). The maximum Gasteiger partial charge on any atom is 0.243 e.